The van der Waals surface area contributed by atoms with E-state index < -0.39 is 22.2 Å². The Balaban J connectivity index is 0.000000277. The molecule has 25 heavy (non-hydrogen) atoms. The molecule has 8 nitrogen and oxygen atoms in total. The molecule has 142 valence electrons. The number of nitrogens with zero attached hydrogens (tertiary/aromatic N) is 3. The summed E-state index contributed by atoms with van der Waals surface area (Å²) in [5, 5.41) is 11.3. The van der Waals surface area contributed by atoms with E-state index in [0.29, 0.717) is 6.54 Å². The first-order valence-electron chi connectivity index (χ1n) is 7.50. The lowest BCUT2D eigenvalue weighted by molar-refractivity contribution is -0.192. The Kier molecular flexibility index (Phi) is 5.74. The van der Waals surface area contributed by atoms with Crippen molar-refractivity contribution in [2.75, 3.05) is 20.1 Å². The smallest absolute Gasteiger partial charge is 0.475 e. The maximum Gasteiger partial charge on any atom is 0.490 e. The van der Waals surface area contributed by atoms with Gasteiger partial charge in [-0.3, -0.25) is 9.58 Å². The number of alkyl halides is 3. The van der Waals surface area contributed by atoms with Gasteiger partial charge < -0.3 is 5.11 Å². The predicted octanol–water partition coefficient (Wildman–Crippen LogP) is 0.585. The number of aliphatic carboxylic acids is 1. The summed E-state index contributed by atoms with van der Waals surface area (Å²) in [6, 6.07) is 2.07. The molecule has 1 fully saturated rings. The summed E-state index contributed by atoms with van der Waals surface area (Å²) in [5.41, 5.74) is 1.14. The Morgan fingerprint density at radius 1 is 1.44 bits per heavy atom. The van der Waals surface area contributed by atoms with Crippen molar-refractivity contribution in [2.24, 2.45) is 0 Å². The molecule has 0 bridgehead atoms. The SMILES string of the molecule is CN1Cc2ccnn2C(CNS(=O)(=O)C2CC2)C1.O=C(O)C(F)(F)F. The van der Waals surface area contributed by atoms with Crippen molar-refractivity contribution in [3.8, 4) is 0 Å². The van der Waals surface area contributed by atoms with Crippen LogP contribution in [0.4, 0.5) is 13.2 Å². The van der Waals surface area contributed by atoms with Gasteiger partial charge in [0.1, 0.15) is 0 Å². The van der Waals surface area contributed by atoms with Crippen LogP contribution in [0.15, 0.2) is 12.3 Å². The highest BCUT2D eigenvalue weighted by Gasteiger charge is 2.38. The number of rotatable bonds is 4. The van der Waals surface area contributed by atoms with Gasteiger partial charge in [-0.1, -0.05) is 0 Å². The molecule has 0 saturated heterocycles. The lowest BCUT2D eigenvalue weighted by atomic mass is 10.2. The molecule has 1 unspecified atom stereocenters. The number of carbonyl (C=O) groups is 1. The first kappa shape index (κ1) is 19.7. The van der Waals surface area contributed by atoms with Gasteiger partial charge in [-0.25, -0.2) is 17.9 Å². The normalized spacial score (nSPS) is 21.2. The largest absolute Gasteiger partial charge is 0.490 e. The molecule has 12 heteroatoms. The zero-order valence-electron chi connectivity index (χ0n) is 13.4. The summed E-state index contributed by atoms with van der Waals surface area (Å²) in [5.74, 6) is -2.76. The molecule has 0 amide bonds. The summed E-state index contributed by atoms with van der Waals surface area (Å²) >= 11 is 0. The monoisotopic (exact) mass is 384 g/mol. The zero-order valence-corrected chi connectivity index (χ0v) is 14.2. The van der Waals surface area contributed by atoms with Gasteiger partial charge >= 0.3 is 12.1 Å². The fourth-order valence-corrected chi connectivity index (χ4v) is 3.85. The molecule has 0 spiro atoms. The molecular weight excluding hydrogens is 365 g/mol. The third kappa shape index (κ3) is 5.41. The molecule has 1 aromatic heterocycles. The Hall–Kier alpha value is -1.66. The second-order valence-corrected chi connectivity index (χ2v) is 8.06. The standard InChI is InChI=1S/C11H18N4O2S.C2HF3O2/c1-14-7-9-4-5-12-15(9)10(8-14)6-13-18(16,17)11-2-3-11;3-2(4,5)1(6)7/h4-5,10-11,13H,2-3,6-8H2,1H3;(H,6,7). The molecule has 1 saturated carbocycles. The van der Waals surface area contributed by atoms with Crippen LogP contribution >= 0.6 is 0 Å². The number of carboxylic acid groups (broad SMARTS) is 1. The van der Waals surface area contributed by atoms with Crippen LogP contribution in [0.25, 0.3) is 0 Å². The van der Waals surface area contributed by atoms with E-state index in [1.807, 2.05) is 17.8 Å². The molecule has 1 aromatic rings. The van der Waals surface area contributed by atoms with Crippen LogP contribution in [-0.4, -0.2) is 65.7 Å². The fraction of sp³-hybridized carbons (Fsp3) is 0.692. The van der Waals surface area contributed by atoms with Crippen LogP contribution in [0.3, 0.4) is 0 Å². The van der Waals surface area contributed by atoms with E-state index in [4.69, 9.17) is 9.90 Å². The van der Waals surface area contributed by atoms with Crippen molar-refractivity contribution in [2.45, 2.75) is 36.9 Å². The number of hydrogen-bond acceptors (Lipinski definition) is 5. The van der Waals surface area contributed by atoms with Crippen LogP contribution < -0.4 is 4.72 Å². The van der Waals surface area contributed by atoms with Gasteiger partial charge in [0.25, 0.3) is 0 Å². The maximum absolute atomic E-state index is 11.8. The molecule has 2 aliphatic rings. The highest BCUT2D eigenvalue weighted by atomic mass is 32.2. The summed E-state index contributed by atoms with van der Waals surface area (Å²) in [6.07, 6.45) is -1.71. The Bertz CT molecular complexity index is 715. The maximum atomic E-state index is 11.8. The third-order valence-corrected chi connectivity index (χ3v) is 5.70. The van der Waals surface area contributed by atoms with E-state index in [-0.39, 0.29) is 11.3 Å². The van der Waals surface area contributed by atoms with Gasteiger partial charge in [-0.2, -0.15) is 18.3 Å². The van der Waals surface area contributed by atoms with E-state index in [1.54, 1.807) is 6.20 Å². The van der Waals surface area contributed by atoms with Crippen LogP contribution in [0, 0.1) is 0 Å². The van der Waals surface area contributed by atoms with Gasteiger partial charge in [-0.05, 0) is 26.0 Å². The second-order valence-electron chi connectivity index (χ2n) is 6.01. The number of sulfonamides is 1. The summed E-state index contributed by atoms with van der Waals surface area (Å²) < 4.78 is 60.0. The Morgan fingerprint density at radius 3 is 2.56 bits per heavy atom. The highest BCUT2D eigenvalue weighted by molar-refractivity contribution is 7.90. The lowest BCUT2D eigenvalue weighted by Crippen LogP contribution is -2.42. The van der Waals surface area contributed by atoms with E-state index in [9.17, 15) is 21.6 Å². The van der Waals surface area contributed by atoms with Crippen molar-refractivity contribution in [1.29, 1.82) is 0 Å². The van der Waals surface area contributed by atoms with Crippen LogP contribution in [0.2, 0.25) is 0 Å². The number of hydrogen-bond donors (Lipinski definition) is 2. The van der Waals surface area contributed by atoms with E-state index in [2.05, 4.69) is 14.7 Å². The second kappa shape index (κ2) is 7.30. The Labute approximate surface area is 142 Å². The first-order chi connectivity index (χ1) is 11.5. The lowest BCUT2D eigenvalue weighted by Gasteiger charge is -2.31. The van der Waals surface area contributed by atoms with Crippen LogP contribution in [0.5, 0.6) is 0 Å². The van der Waals surface area contributed by atoms with E-state index >= 15 is 0 Å². The first-order valence-corrected chi connectivity index (χ1v) is 9.05. The average Bonchev–Trinajstić information content (AvgIpc) is 3.25. The van der Waals surface area contributed by atoms with Crippen molar-refractivity contribution in [3.63, 3.8) is 0 Å². The minimum atomic E-state index is -5.08. The molecule has 0 radical (unpaired) electrons. The summed E-state index contributed by atoms with van der Waals surface area (Å²) in [4.78, 5) is 11.1. The van der Waals surface area contributed by atoms with Gasteiger partial charge in [0.05, 0.1) is 17.0 Å². The summed E-state index contributed by atoms with van der Waals surface area (Å²) in [6.45, 7) is 2.12. The van der Waals surface area contributed by atoms with Gasteiger partial charge in [-0.15, -0.1) is 0 Å². The minimum absolute atomic E-state index is 0.0854. The number of likely N-dealkylation sites (N-methyl/N-ethyl adjacent to an activating group) is 1. The third-order valence-electron chi connectivity index (χ3n) is 3.78. The molecule has 1 atom stereocenters. The fourth-order valence-electron chi connectivity index (χ4n) is 2.43. The van der Waals surface area contributed by atoms with Crippen molar-refractivity contribution in [1.82, 2.24) is 19.4 Å². The summed E-state index contributed by atoms with van der Waals surface area (Å²) in [7, 11) is -1.06. The molecule has 1 aliphatic carbocycles. The van der Waals surface area contributed by atoms with Crippen molar-refractivity contribution < 1.29 is 31.5 Å². The highest BCUT2D eigenvalue weighted by Crippen LogP contribution is 2.28. The van der Waals surface area contributed by atoms with Crippen LogP contribution in [-0.2, 0) is 21.4 Å². The van der Waals surface area contributed by atoms with Crippen molar-refractivity contribution in [3.05, 3.63) is 18.0 Å². The number of fused-ring (bicyclic) bond motifs is 1. The van der Waals surface area contributed by atoms with E-state index in [1.165, 1.54) is 0 Å². The number of nitrogens with one attached hydrogen (secondary N) is 1. The number of halogens is 3. The molecule has 0 aromatic carbocycles. The van der Waals surface area contributed by atoms with Gasteiger partial charge in [0.2, 0.25) is 10.0 Å². The van der Waals surface area contributed by atoms with Gasteiger partial charge in [0.15, 0.2) is 0 Å². The number of aromatic nitrogens is 2. The molecule has 2 heterocycles. The van der Waals surface area contributed by atoms with Gasteiger partial charge in [0, 0.05) is 25.8 Å². The Morgan fingerprint density at radius 2 is 2.04 bits per heavy atom. The average molecular weight is 384 g/mol. The molecule has 2 N–H and O–H groups in total. The molecule has 3 rings (SSSR count). The van der Waals surface area contributed by atoms with Crippen LogP contribution in [0.1, 0.15) is 24.6 Å². The predicted molar refractivity (Wildman–Crippen MR) is 81.2 cm³/mol. The zero-order chi connectivity index (χ0) is 18.8. The van der Waals surface area contributed by atoms with Crippen molar-refractivity contribution >= 4 is 16.0 Å². The number of carboxylic acids is 1. The minimum Gasteiger partial charge on any atom is -0.475 e. The molecule has 1 aliphatic heterocycles. The topological polar surface area (TPSA) is 105 Å². The molecular formula is C13H19F3N4O4S. The quantitative estimate of drug-likeness (QED) is 0.787. The van der Waals surface area contributed by atoms with E-state index in [0.717, 1.165) is 31.6 Å².